The Morgan fingerprint density at radius 1 is 0.417 bits per heavy atom. The second kappa shape index (κ2) is 11.8. The maximum absolute atomic E-state index is 9.55. The number of anilines is 3. The first-order valence-electron chi connectivity index (χ1n) is 23.9. The third-order valence-corrected chi connectivity index (χ3v) is 7.98. The molecule has 9 rings (SSSR count). The van der Waals surface area contributed by atoms with Crippen LogP contribution in [0.3, 0.4) is 0 Å². The molecule has 0 bridgehead atoms. The second-order valence-corrected chi connectivity index (χ2v) is 10.7. The Morgan fingerprint density at radius 2 is 0.958 bits per heavy atom. The van der Waals surface area contributed by atoms with Gasteiger partial charge in [-0.05, 0) is 86.5 Å². The fraction of sp³-hybridized carbons (Fsp3) is 0. The number of fused-ring (bicyclic) bond motifs is 5. The van der Waals surface area contributed by atoms with Gasteiger partial charge in [-0.25, -0.2) is 0 Å². The lowest BCUT2D eigenvalue weighted by Crippen LogP contribution is -2.10. The van der Waals surface area contributed by atoms with Crippen LogP contribution in [-0.2, 0) is 0 Å². The summed E-state index contributed by atoms with van der Waals surface area (Å²) in [5.41, 5.74) is -1.40. The van der Waals surface area contributed by atoms with Crippen molar-refractivity contribution in [3.8, 4) is 33.4 Å². The Labute approximate surface area is 305 Å². The van der Waals surface area contributed by atoms with E-state index < -0.39 is 142 Å². The molecule has 1 heterocycles. The molecule has 0 N–H and O–H groups in total. The zero-order valence-electron chi connectivity index (χ0n) is 42.9. The Bertz CT molecular complexity index is 3340. The van der Waals surface area contributed by atoms with Crippen LogP contribution in [0.25, 0.3) is 66.1 Å². The fourth-order valence-corrected chi connectivity index (χ4v) is 5.89. The van der Waals surface area contributed by atoms with E-state index in [9.17, 15) is 11.0 Å². The molecule has 0 saturated heterocycles. The normalized spacial score (nSPS) is 16.6. The number of furan rings is 1. The van der Waals surface area contributed by atoms with Crippen LogP contribution in [0.4, 0.5) is 17.1 Å². The zero-order chi connectivity index (χ0) is 47.5. The van der Waals surface area contributed by atoms with Gasteiger partial charge in [0.1, 0.15) is 11.2 Å². The van der Waals surface area contributed by atoms with E-state index in [1.807, 2.05) is 60.7 Å². The molecule has 2 heteroatoms. The molecule has 1 aromatic heterocycles. The molecule has 0 unspecified atom stereocenters. The van der Waals surface area contributed by atoms with Gasteiger partial charge in [0.05, 0.1) is 35.7 Å². The van der Waals surface area contributed by atoms with Crippen molar-refractivity contribution in [3.05, 3.63) is 188 Å². The summed E-state index contributed by atoms with van der Waals surface area (Å²) in [6.45, 7) is 0. The van der Waals surface area contributed by atoms with Crippen LogP contribution in [0.15, 0.2) is 192 Å². The van der Waals surface area contributed by atoms with Gasteiger partial charge in [-0.1, -0.05) is 145 Å². The van der Waals surface area contributed by atoms with Crippen molar-refractivity contribution in [2.24, 2.45) is 0 Å². The van der Waals surface area contributed by atoms with Crippen LogP contribution < -0.4 is 4.90 Å². The van der Waals surface area contributed by atoms with Gasteiger partial charge in [0.2, 0.25) is 0 Å². The largest absolute Gasteiger partial charge is 0.456 e. The smallest absolute Gasteiger partial charge is 0.137 e. The molecular formula is C46H31NO. The first kappa shape index (κ1) is 15.0. The van der Waals surface area contributed by atoms with Crippen molar-refractivity contribution in [3.63, 3.8) is 0 Å². The lowest BCUT2D eigenvalue weighted by molar-refractivity contribution is 0.669. The van der Waals surface area contributed by atoms with E-state index >= 15 is 0 Å². The molecule has 0 atom stereocenters. The van der Waals surface area contributed by atoms with E-state index in [-0.39, 0.29) is 11.3 Å². The predicted octanol–water partition coefficient (Wildman–Crippen LogP) is 13.2. The van der Waals surface area contributed by atoms with Crippen molar-refractivity contribution in [2.75, 3.05) is 4.90 Å². The molecule has 0 spiro atoms. The third kappa shape index (κ3) is 4.83. The van der Waals surface area contributed by atoms with Gasteiger partial charge >= 0.3 is 0 Å². The molecule has 2 nitrogen and oxygen atoms in total. The molecule has 0 aliphatic carbocycles. The number of hydrogen-bond acceptors (Lipinski definition) is 2. The summed E-state index contributed by atoms with van der Waals surface area (Å²) < 4.78 is 166. The Hall–Kier alpha value is -6.38. The van der Waals surface area contributed by atoms with E-state index in [0.717, 1.165) is 21.4 Å². The number of benzene rings is 8. The van der Waals surface area contributed by atoms with Crippen molar-refractivity contribution < 1.29 is 29.1 Å². The molecule has 0 fully saturated rings. The van der Waals surface area contributed by atoms with Crippen LogP contribution in [0.1, 0.15) is 24.7 Å². The average molecular weight is 632 g/mol. The van der Waals surface area contributed by atoms with Gasteiger partial charge in [-0.2, -0.15) is 0 Å². The number of rotatable bonds is 6. The maximum Gasteiger partial charge on any atom is 0.137 e. The molecule has 0 amide bonds. The summed E-state index contributed by atoms with van der Waals surface area (Å²) in [6, 6.07) is 8.92. The van der Waals surface area contributed by atoms with E-state index in [2.05, 4.69) is 0 Å². The average Bonchev–Trinajstić information content (AvgIpc) is 3.71. The molecule has 0 aliphatic heterocycles. The third-order valence-electron chi connectivity index (χ3n) is 7.98. The SMILES string of the molecule is [2H]c1c([2H])c([2H])c(-c2c([2H])c([2H])c(N(c3c([2H])c([2H])c(-c4c([2H])c([2H])c([2H])c([2H])c4[2H])c([2H])c3[2H])c3cccc4oc5cc(-c6ccccc6)c6ccccc6c5c34)c([2H])c2[2H])c([2H])c1[2H]. The summed E-state index contributed by atoms with van der Waals surface area (Å²) in [5, 5.41) is 2.26. The van der Waals surface area contributed by atoms with Crippen LogP contribution in [0, 0.1) is 0 Å². The van der Waals surface area contributed by atoms with Crippen LogP contribution >= 0.6 is 0 Å². The second-order valence-electron chi connectivity index (χ2n) is 10.7. The number of hydrogen-bond donors (Lipinski definition) is 0. The quantitative estimate of drug-likeness (QED) is 0.182. The van der Waals surface area contributed by atoms with E-state index in [1.54, 1.807) is 12.1 Å². The van der Waals surface area contributed by atoms with Gasteiger partial charge < -0.3 is 9.32 Å². The highest BCUT2D eigenvalue weighted by Crippen LogP contribution is 2.47. The van der Waals surface area contributed by atoms with E-state index in [4.69, 9.17) is 18.1 Å². The molecule has 48 heavy (non-hydrogen) atoms. The first-order chi connectivity index (χ1) is 31.3. The van der Waals surface area contributed by atoms with Crippen LogP contribution in [-0.4, -0.2) is 0 Å². The van der Waals surface area contributed by atoms with Crippen LogP contribution in [0.5, 0.6) is 0 Å². The highest BCUT2D eigenvalue weighted by Gasteiger charge is 2.22. The molecule has 0 aliphatic rings. The van der Waals surface area contributed by atoms with Crippen molar-refractivity contribution in [1.29, 1.82) is 0 Å². The minimum atomic E-state index is -0.859. The van der Waals surface area contributed by atoms with E-state index in [1.165, 1.54) is 6.07 Å². The topological polar surface area (TPSA) is 16.4 Å². The molecule has 226 valence electrons. The fourth-order valence-electron chi connectivity index (χ4n) is 5.89. The zero-order valence-corrected chi connectivity index (χ0v) is 24.9. The van der Waals surface area contributed by atoms with Gasteiger partial charge in [-0.3, -0.25) is 0 Å². The predicted molar refractivity (Wildman–Crippen MR) is 202 cm³/mol. The summed E-state index contributed by atoms with van der Waals surface area (Å²) in [5.74, 6) is 0. The first-order valence-corrected chi connectivity index (χ1v) is 14.9. The summed E-state index contributed by atoms with van der Waals surface area (Å²) in [7, 11) is 0. The van der Waals surface area contributed by atoms with Crippen molar-refractivity contribution in [2.45, 2.75) is 0 Å². The lowest BCUT2D eigenvalue weighted by Gasteiger charge is -2.27. The Kier molecular flexibility index (Phi) is 3.68. The van der Waals surface area contributed by atoms with Crippen LogP contribution in [0.2, 0.25) is 0 Å². The Morgan fingerprint density at radius 3 is 1.56 bits per heavy atom. The summed E-state index contributed by atoms with van der Waals surface area (Å²) >= 11 is 0. The Balaban J connectivity index is 1.44. The molecular weight excluding hydrogens is 583 g/mol. The summed E-state index contributed by atoms with van der Waals surface area (Å²) in [6.07, 6.45) is 0. The van der Waals surface area contributed by atoms with Gasteiger partial charge in [-0.15, -0.1) is 0 Å². The maximum atomic E-state index is 9.55. The minimum absolute atomic E-state index is 0.00316. The monoisotopic (exact) mass is 631 g/mol. The van der Waals surface area contributed by atoms with Gasteiger partial charge in [0.15, 0.2) is 0 Å². The summed E-state index contributed by atoms with van der Waals surface area (Å²) in [4.78, 5) is 1.02. The standard InChI is InChI=1S/C46H31NO/c1-4-13-32(14-5-1)34-23-27-37(28-24-34)47(38-29-25-35(26-30-38)33-15-6-2-7-16-33)42-21-12-22-43-46(42)45-40-20-11-10-19-39(40)41(31-44(45)48-43)36-17-8-3-9-18-36/h1-31H/i1D,2D,4D,5D,6D,7D,13D,14D,15D,16D,23D,24D,25D,26D,27D,28D,29D,30D. The lowest BCUT2D eigenvalue weighted by atomic mass is 9.94. The van der Waals surface area contributed by atoms with Crippen molar-refractivity contribution >= 4 is 49.8 Å². The molecule has 0 radical (unpaired) electrons. The minimum Gasteiger partial charge on any atom is -0.456 e. The highest BCUT2D eigenvalue weighted by molar-refractivity contribution is 6.25. The highest BCUT2D eigenvalue weighted by atomic mass is 16.3. The molecule has 0 saturated carbocycles. The van der Waals surface area contributed by atoms with Crippen molar-refractivity contribution in [1.82, 2.24) is 0 Å². The molecule has 9 aromatic rings. The number of nitrogens with zero attached hydrogens (tertiary/aromatic N) is 1. The molecule has 8 aromatic carbocycles. The van der Waals surface area contributed by atoms with Gasteiger partial charge in [0, 0.05) is 16.8 Å². The van der Waals surface area contributed by atoms with E-state index in [0.29, 0.717) is 21.7 Å². The van der Waals surface area contributed by atoms with Gasteiger partial charge in [0.25, 0.3) is 0 Å².